The standard InChI is InChI=1S/C23H38N4O/c1-18(2)25-13-15-27(16-14-25)22-7-5-21(6-8-22)23(28)24-17-20(4)26-11-9-19(3)10-12-26/h5-8,18-20H,9-17H2,1-4H3,(H,24,28). The Balaban J connectivity index is 1.46. The molecule has 1 N–H and O–H groups in total. The lowest BCUT2D eigenvalue weighted by Crippen LogP contribution is -2.48. The summed E-state index contributed by atoms with van der Waals surface area (Å²) in [6.45, 7) is 16.4. The van der Waals surface area contributed by atoms with E-state index in [9.17, 15) is 4.79 Å². The quantitative estimate of drug-likeness (QED) is 0.816. The van der Waals surface area contributed by atoms with Gasteiger partial charge in [-0.05, 0) is 76.9 Å². The van der Waals surface area contributed by atoms with E-state index >= 15 is 0 Å². The second kappa shape index (κ2) is 9.75. The second-order valence-corrected chi connectivity index (χ2v) is 8.94. The Kier molecular flexibility index (Phi) is 7.36. The highest BCUT2D eigenvalue weighted by atomic mass is 16.1. The zero-order chi connectivity index (χ0) is 20.1. The van der Waals surface area contributed by atoms with Gasteiger partial charge in [0.25, 0.3) is 5.91 Å². The van der Waals surface area contributed by atoms with Gasteiger partial charge in [-0.25, -0.2) is 0 Å². The summed E-state index contributed by atoms with van der Waals surface area (Å²) in [6.07, 6.45) is 2.54. The van der Waals surface area contributed by atoms with E-state index in [0.717, 1.165) is 50.7 Å². The van der Waals surface area contributed by atoms with Crippen molar-refractivity contribution in [2.45, 2.75) is 52.6 Å². The Hall–Kier alpha value is -1.59. The molecule has 3 rings (SSSR count). The van der Waals surface area contributed by atoms with E-state index in [1.54, 1.807) is 0 Å². The number of nitrogens with one attached hydrogen (secondary N) is 1. The van der Waals surface area contributed by atoms with Crippen molar-refractivity contribution < 1.29 is 4.79 Å². The van der Waals surface area contributed by atoms with Crippen molar-refractivity contribution in [3.63, 3.8) is 0 Å². The highest BCUT2D eigenvalue weighted by Crippen LogP contribution is 2.19. The highest BCUT2D eigenvalue weighted by molar-refractivity contribution is 5.94. The summed E-state index contributed by atoms with van der Waals surface area (Å²) < 4.78 is 0. The Bertz CT molecular complexity index is 614. The average Bonchev–Trinajstić information content (AvgIpc) is 2.72. The first-order valence-electron chi connectivity index (χ1n) is 11.1. The molecule has 0 bridgehead atoms. The molecule has 0 radical (unpaired) electrons. The van der Waals surface area contributed by atoms with Crippen molar-refractivity contribution in [3.8, 4) is 0 Å². The normalized spacial score (nSPS) is 21.1. The number of carbonyl (C=O) groups excluding carboxylic acids is 1. The molecule has 2 aliphatic rings. The molecule has 0 aromatic heterocycles. The second-order valence-electron chi connectivity index (χ2n) is 8.94. The fourth-order valence-electron chi connectivity index (χ4n) is 4.26. The summed E-state index contributed by atoms with van der Waals surface area (Å²) in [5.41, 5.74) is 1.97. The molecule has 1 unspecified atom stereocenters. The van der Waals surface area contributed by atoms with E-state index in [1.165, 1.54) is 18.5 Å². The third-order valence-electron chi connectivity index (χ3n) is 6.54. The molecular weight excluding hydrogens is 348 g/mol. The number of anilines is 1. The SMILES string of the molecule is CC1CCN(C(C)CNC(=O)c2ccc(N3CCN(C(C)C)CC3)cc2)CC1. The molecule has 0 saturated carbocycles. The number of nitrogens with zero attached hydrogens (tertiary/aromatic N) is 3. The zero-order valence-electron chi connectivity index (χ0n) is 18.2. The largest absolute Gasteiger partial charge is 0.369 e. The summed E-state index contributed by atoms with van der Waals surface area (Å²) in [7, 11) is 0. The van der Waals surface area contributed by atoms with Crippen molar-refractivity contribution in [2.75, 3.05) is 50.7 Å². The lowest BCUT2D eigenvalue weighted by molar-refractivity contribution is 0.0921. The van der Waals surface area contributed by atoms with Gasteiger partial charge in [0.15, 0.2) is 0 Å². The third-order valence-corrected chi connectivity index (χ3v) is 6.54. The summed E-state index contributed by atoms with van der Waals surface area (Å²) in [5, 5.41) is 3.12. The van der Waals surface area contributed by atoms with E-state index in [4.69, 9.17) is 0 Å². The number of carbonyl (C=O) groups is 1. The van der Waals surface area contributed by atoms with E-state index < -0.39 is 0 Å². The van der Waals surface area contributed by atoms with Crippen LogP contribution in [0.1, 0.15) is 50.9 Å². The number of piperazine rings is 1. The number of hydrogen-bond acceptors (Lipinski definition) is 4. The van der Waals surface area contributed by atoms with E-state index in [2.05, 4.69) is 59.8 Å². The predicted molar refractivity (Wildman–Crippen MR) is 117 cm³/mol. The molecule has 2 aliphatic heterocycles. The highest BCUT2D eigenvalue weighted by Gasteiger charge is 2.21. The Morgan fingerprint density at radius 2 is 1.57 bits per heavy atom. The fourth-order valence-corrected chi connectivity index (χ4v) is 4.26. The van der Waals surface area contributed by atoms with Crippen LogP contribution < -0.4 is 10.2 Å². The lowest BCUT2D eigenvalue weighted by atomic mass is 9.98. The van der Waals surface area contributed by atoms with Crippen LogP contribution in [0.4, 0.5) is 5.69 Å². The maximum Gasteiger partial charge on any atom is 0.251 e. The number of piperidine rings is 1. The van der Waals surface area contributed by atoms with Crippen LogP contribution in [-0.4, -0.2) is 73.6 Å². The van der Waals surface area contributed by atoms with Gasteiger partial charge in [0.2, 0.25) is 0 Å². The maximum absolute atomic E-state index is 12.5. The molecule has 1 amide bonds. The van der Waals surface area contributed by atoms with Crippen LogP contribution in [0.5, 0.6) is 0 Å². The third kappa shape index (κ3) is 5.48. The molecule has 5 heteroatoms. The number of amides is 1. The molecule has 1 aromatic rings. The van der Waals surface area contributed by atoms with Gasteiger partial charge in [-0.15, -0.1) is 0 Å². The maximum atomic E-state index is 12.5. The Morgan fingerprint density at radius 1 is 0.964 bits per heavy atom. The molecular formula is C23H38N4O. The minimum Gasteiger partial charge on any atom is -0.369 e. The molecule has 2 heterocycles. The first-order valence-corrected chi connectivity index (χ1v) is 11.1. The lowest BCUT2D eigenvalue weighted by Gasteiger charge is -2.38. The van der Waals surface area contributed by atoms with Crippen molar-refractivity contribution in [1.29, 1.82) is 0 Å². The number of rotatable bonds is 6. The van der Waals surface area contributed by atoms with E-state index in [-0.39, 0.29) is 5.91 Å². The molecule has 28 heavy (non-hydrogen) atoms. The molecule has 1 atom stereocenters. The van der Waals surface area contributed by atoms with Gasteiger partial charge in [0.1, 0.15) is 0 Å². The predicted octanol–water partition coefficient (Wildman–Crippen LogP) is 3.07. The van der Waals surface area contributed by atoms with Crippen LogP contribution in [0.15, 0.2) is 24.3 Å². The molecule has 0 spiro atoms. The van der Waals surface area contributed by atoms with Crippen molar-refractivity contribution >= 4 is 11.6 Å². The minimum atomic E-state index is 0.0356. The smallest absolute Gasteiger partial charge is 0.251 e. The van der Waals surface area contributed by atoms with Gasteiger partial charge < -0.3 is 10.2 Å². The summed E-state index contributed by atoms with van der Waals surface area (Å²) in [6, 6.07) is 9.13. The molecule has 156 valence electrons. The van der Waals surface area contributed by atoms with Crippen LogP contribution in [-0.2, 0) is 0 Å². The van der Waals surface area contributed by atoms with Crippen LogP contribution in [0.2, 0.25) is 0 Å². The van der Waals surface area contributed by atoms with Crippen LogP contribution in [0, 0.1) is 5.92 Å². The fraction of sp³-hybridized carbons (Fsp3) is 0.696. The van der Waals surface area contributed by atoms with Gasteiger partial charge in [0.05, 0.1) is 0 Å². The average molecular weight is 387 g/mol. The van der Waals surface area contributed by atoms with Crippen LogP contribution >= 0.6 is 0 Å². The van der Waals surface area contributed by atoms with Gasteiger partial charge in [0, 0.05) is 56.1 Å². The van der Waals surface area contributed by atoms with Crippen LogP contribution in [0.3, 0.4) is 0 Å². The zero-order valence-corrected chi connectivity index (χ0v) is 18.2. The summed E-state index contributed by atoms with van der Waals surface area (Å²) in [4.78, 5) is 20.0. The van der Waals surface area contributed by atoms with Crippen LogP contribution in [0.25, 0.3) is 0 Å². The summed E-state index contributed by atoms with van der Waals surface area (Å²) >= 11 is 0. The molecule has 2 fully saturated rings. The number of hydrogen-bond donors (Lipinski definition) is 1. The summed E-state index contributed by atoms with van der Waals surface area (Å²) in [5.74, 6) is 0.873. The molecule has 5 nitrogen and oxygen atoms in total. The number of likely N-dealkylation sites (tertiary alicyclic amines) is 1. The monoisotopic (exact) mass is 386 g/mol. The Morgan fingerprint density at radius 3 is 2.14 bits per heavy atom. The molecule has 1 aromatic carbocycles. The first kappa shape index (κ1) is 21.1. The minimum absolute atomic E-state index is 0.0356. The topological polar surface area (TPSA) is 38.8 Å². The van der Waals surface area contributed by atoms with Gasteiger partial charge in [-0.1, -0.05) is 6.92 Å². The van der Waals surface area contributed by atoms with Gasteiger partial charge in [-0.2, -0.15) is 0 Å². The van der Waals surface area contributed by atoms with E-state index in [1.807, 2.05) is 12.1 Å². The van der Waals surface area contributed by atoms with Gasteiger partial charge in [-0.3, -0.25) is 14.6 Å². The number of benzene rings is 1. The molecule has 0 aliphatic carbocycles. The Labute approximate surface area is 171 Å². The first-order chi connectivity index (χ1) is 13.4. The van der Waals surface area contributed by atoms with E-state index in [0.29, 0.717) is 18.6 Å². The van der Waals surface area contributed by atoms with Crippen molar-refractivity contribution in [3.05, 3.63) is 29.8 Å². The van der Waals surface area contributed by atoms with Crippen molar-refractivity contribution in [1.82, 2.24) is 15.1 Å². The van der Waals surface area contributed by atoms with Crippen molar-refractivity contribution in [2.24, 2.45) is 5.92 Å². The molecule has 2 saturated heterocycles. The van der Waals surface area contributed by atoms with Gasteiger partial charge >= 0.3 is 0 Å².